The van der Waals surface area contributed by atoms with Crippen LogP contribution in [0.2, 0.25) is 5.02 Å². The second kappa shape index (κ2) is 6.42. The molecule has 1 aliphatic rings. The molecule has 2 aromatic rings. The van der Waals surface area contributed by atoms with Gasteiger partial charge in [-0.2, -0.15) is 0 Å². The number of hydrogen-bond acceptors (Lipinski definition) is 2. The second-order valence-electron chi connectivity index (χ2n) is 5.59. The van der Waals surface area contributed by atoms with E-state index in [1.807, 2.05) is 42.5 Å². The average molecular weight is 329 g/mol. The van der Waals surface area contributed by atoms with Gasteiger partial charge in [-0.15, -0.1) is 0 Å². The van der Waals surface area contributed by atoms with Crippen molar-refractivity contribution >= 4 is 34.8 Å². The number of carbonyl (C=O) groups is 2. The van der Waals surface area contributed by atoms with Crippen molar-refractivity contribution in [3.63, 3.8) is 0 Å². The molecule has 1 saturated heterocycles. The molecule has 3 rings (SSSR count). The van der Waals surface area contributed by atoms with Gasteiger partial charge < -0.3 is 9.80 Å². The van der Waals surface area contributed by atoms with E-state index in [0.717, 1.165) is 5.69 Å². The number of anilines is 2. The minimum absolute atomic E-state index is 0.0564. The van der Waals surface area contributed by atoms with Gasteiger partial charge in [0.05, 0.1) is 16.6 Å². The van der Waals surface area contributed by atoms with Crippen molar-refractivity contribution in [2.75, 3.05) is 23.4 Å². The Kier molecular flexibility index (Phi) is 4.35. The van der Waals surface area contributed by atoms with Gasteiger partial charge in [0.2, 0.25) is 11.8 Å². The Bertz CT molecular complexity index is 733. The van der Waals surface area contributed by atoms with Crippen LogP contribution in [0.15, 0.2) is 54.6 Å². The first-order chi connectivity index (χ1) is 11.1. The van der Waals surface area contributed by atoms with Gasteiger partial charge in [-0.25, -0.2) is 0 Å². The fourth-order valence-corrected chi connectivity index (χ4v) is 3.07. The van der Waals surface area contributed by atoms with Crippen LogP contribution in [0.1, 0.15) is 6.42 Å². The maximum absolute atomic E-state index is 12.7. The van der Waals surface area contributed by atoms with Gasteiger partial charge in [-0.05, 0) is 24.3 Å². The van der Waals surface area contributed by atoms with Gasteiger partial charge in [0.1, 0.15) is 0 Å². The van der Waals surface area contributed by atoms with E-state index in [9.17, 15) is 9.59 Å². The number of carbonyl (C=O) groups excluding carboxylic acids is 2. The van der Waals surface area contributed by atoms with Gasteiger partial charge in [0, 0.05) is 25.7 Å². The molecule has 0 bridgehead atoms. The van der Waals surface area contributed by atoms with Crippen LogP contribution in [0.3, 0.4) is 0 Å². The van der Waals surface area contributed by atoms with Crippen LogP contribution >= 0.6 is 11.6 Å². The van der Waals surface area contributed by atoms with Gasteiger partial charge in [0.25, 0.3) is 0 Å². The molecule has 2 aromatic carbocycles. The number of rotatable bonds is 3. The predicted molar refractivity (Wildman–Crippen MR) is 91.8 cm³/mol. The van der Waals surface area contributed by atoms with E-state index in [1.165, 1.54) is 0 Å². The SMILES string of the molecule is CN(C(=O)C1CC(=O)N(c2ccccc2Cl)C1)c1ccccc1. The number of nitrogens with zero attached hydrogens (tertiary/aromatic N) is 2. The van der Waals surface area contributed by atoms with Gasteiger partial charge in [-0.1, -0.05) is 41.9 Å². The molecule has 0 spiro atoms. The highest BCUT2D eigenvalue weighted by atomic mass is 35.5. The summed E-state index contributed by atoms with van der Waals surface area (Å²) in [4.78, 5) is 28.2. The molecule has 23 heavy (non-hydrogen) atoms. The lowest BCUT2D eigenvalue weighted by atomic mass is 10.1. The largest absolute Gasteiger partial charge is 0.315 e. The molecule has 1 unspecified atom stereocenters. The summed E-state index contributed by atoms with van der Waals surface area (Å²) in [5, 5.41) is 0.519. The van der Waals surface area contributed by atoms with Crippen molar-refractivity contribution in [3.05, 3.63) is 59.6 Å². The maximum atomic E-state index is 12.7. The highest BCUT2D eigenvalue weighted by molar-refractivity contribution is 6.33. The topological polar surface area (TPSA) is 40.6 Å². The van der Waals surface area contributed by atoms with E-state index in [0.29, 0.717) is 17.3 Å². The standard InChI is InChI=1S/C18H17ClN2O2/c1-20(14-7-3-2-4-8-14)18(23)13-11-17(22)21(12-13)16-10-6-5-9-15(16)19/h2-10,13H,11-12H2,1H3. The van der Waals surface area contributed by atoms with E-state index in [1.54, 1.807) is 29.0 Å². The van der Waals surface area contributed by atoms with Crippen molar-refractivity contribution in [2.45, 2.75) is 6.42 Å². The lowest BCUT2D eigenvalue weighted by Crippen LogP contribution is -2.34. The Balaban J connectivity index is 1.77. The first-order valence-electron chi connectivity index (χ1n) is 7.45. The van der Waals surface area contributed by atoms with Crippen LogP contribution in [0.4, 0.5) is 11.4 Å². The van der Waals surface area contributed by atoms with Crippen LogP contribution in [0.5, 0.6) is 0 Å². The second-order valence-corrected chi connectivity index (χ2v) is 6.00. The number of amides is 2. The van der Waals surface area contributed by atoms with Gasteiger partial charge in [0.15, 0.2) is 0 Å². The summed E-state index contributed by atoms with van der Waals surface area (Å²) in [6.07, 6.45) is 0.210. The van der Waals surface area contributed by atoms with Crippen molar-refractivity contribution in [3.8, 4) is 0 Å². The fraction of sp³-hybridized carbons (Fsp3) is 0.222. The molecule has 0 saturated carbocycles. The summed E-state index contributed by atoms with van der Waals surface area (Å²) in [5.41, 5.74) is 1.48. The maximum Gasteiger partial charge on any atom is 0.232 e. The molecule has 0 aliphatic carbocycles. The lowest BCUT2D eigenvalue weighted by Gasteiger charge is -2.22. The minimum atomic E-state index is -0.357. The van der Waals surface area contributed by atoms with E-state index in [-0.39, 0.29) is 24.2 Å². The highest BCUT2D eigenvalue weighted by Crippen LogP contribution is 2.32. The van der Waals surface area contributed by atoms with Gasteiger partial charge >= 0.3 is 0 Å². The third-order valence-corrected chi connectivity index (χ3v) is 4.41. The molecule has 1 aliphatic heterocycles. The molecular formula is C18H17ClN2O2. The van der Waals surface area contributed by atoms with Crippen molar-refractivity contribution in [1.82, 2.24) is 0 Å². The Labute approximate surface area is 140 Å². The Morgan fingerprint density at radius 3 is 2.48 bits per heavy atom. The summed E-state index contributed by atoms with van der Waals surface area (Å²) in [7, 11) is 1.74. The fourth-order valence-electron chi connectivity index (χ4n) is 2.83. The summed E-state index contributed by atoms with van der Waals surface area (Å²) in [5.74, 6) is -0.485. The molecule has 1 atom stereocenters. The van der Waals surface area contributed by atoms with Crippen LogP contribution in [0.25, 0.3) is 0 Å². The number of para-hydroxylation sites is 2. The highest BCUT2D eigenvalue weighted by Gasteiger charge is 2.37. The van der Waals surface area contributed by atoms with Crippen molar-refractivity contribution < 1.29 is 9.59 Å². The van der Waals surface area contributed by atoms with Crippen LogP contribution in [-0.4, -0.2) is 25.4 Å². The lowest BCUT2D eigenvalue weighted by molar-refractivity contribution is -0.124. The molecule has 1 heterocycles. The predicted octanol–water partition coefficient (Wildman–Crippen LogP) is 3.36. The molecular weight excluding hydrogens is 312 g/mol. The smallest absolute Gasteiger partial charge is 0.232 e. The molecule has 4 nitrogen and oxygen atoms in total. The molecule has 118 valence electrons. The monoisotopic (exact) mass is 328 g/mol. The zero-order chi connectivity index (χ0) is 16.4. The first-order valence-corrected chi connectivity index (χ1v) is 7.83. The molecule has 0 aromatic heterocycles. The van der Waals surface area contributed by atoms with E-state index < -0.39 is 0 Å². The van der Waals surface area contributed by atoms with Crippen molar-refractivity contribution in [1.29, 1.82) is 0 Å². The third kappa shape index (κ3) is 3.08. The van der Waals surface area contributed by atoms with Crippen LogP contribution in [-0.2, 0) is 9.59 Å². The Morgan fingerprint density at radius 1 is 1.13 bits per heavy atom. The average Bonchev–Trinajstić information content (AvgIpc) is 2.96. The van der Waals surface area contributed by atoms with Crippen molar-refractivity contribution in [2.24, 2.45) is 5.92 Å². The van der Waals surface area contributed by atoms with Crippen LogP contribution < -0.4 is 9.80 Å². The van der Waals surface area contributed by atoms with Gasteiger partial charge in [-0.3, -0.25) is 9.59 Å². The van der Waals surface area contributed by atoms with Crippen LogP contribution in [0, 0.1) is 5.92 Å². The Morgan fingerprint density at radius 2 is 1.78 bits per heavy atom. The molecule has 0 radical (unpaired) electrons. The quantitative estimate of drug-likeness (QED) is 0.867. The van der Waals surface area contributed by atoms with E-state index in [4.69, 9.17) is 11.6 Å². The number of hydrogen-bond donors (Lipinski definition) is 0. The minimum Gasteiger partial charge on any atom is -0.315 e. The zero-order valence-electron chi connectivity index (χ0n) is 12.8. The third-order valence-electron chi connectivity index (χ3n) is 4.09. The summed E-state index contributed by atoms with van der Waals surface area (Å²) in [6, 6.07) is 16.6. The summed E-state index contributed by atoms with van der Waals surface area (Å²) < 4.78 is 0. The normalized spacial score (nSPS) is 17.4. The van der Waals surface area contributed by atoms with E-state index >= 15 is 0 Å². The molecule has 5 heteroatoms. The Hall–Kier alpha value is -2.33. The summed E-state index contributed by atoms with van der Waals surface area (Å²) in [6.45, 7) is 0.360. The van der Waals surface area contributed by atoms with E-state index in [2.05, 4.69) is 0 Å². The summed E-state index contributed by atoms with van der Waals surface area (Å²) >= 11 is 6.17. The molecule has 1 fully saturated rings. The molecule has 0 N–H and O–H groups in total. The number of benzene rings is 2. The zero-order valence-corrected chi connectivity index (χ0v) is 13.5. The number of halogens is 1. The first kappa shape index (κ1) is 15.6. The molecule has 2 amide bonds.